The lowest BCUT2D eigenvalue weighted by Crippen LogP contribution is -2.41. The maximum Gasteiger partial charge on any atom is 0.227 e. The Hall–Kier alpha value is -1.44. The Kier molecular flexibility index (Phi) is 7.05. The number of aliphatic hydroxyl groups is 2. The maximum absolute atomic E-state index is 9.62. The summed E-state index contributed by atoms with van der Waals surface area (Å²) in [4.78, 5) is 15.9. The van der Waals surface area contributed by atoms with Crippen LogP contribution in [0.1, 0.15) is 32.1 Å². The molecule has 3 heterocycles. The number of aliphatic hydroxyl groups excluding tert-OH is 2. The molecule has 7 nitrogen and oxygen atoms in total. The number of rotatable bonds is 7. The summed E-state index contributed by atoms with van der Waals surface area (Å²) in [5.74, 6) is 2.33. The predicted octanol–water partition coefficient (Wildman–Crippen LogP) is 0.968. The highest BCUT2D eigenvalue weighted by Crippen LogP contribution is 2.24. The summed E-state index contributed by atoms with van der Waals surface area (Å²) in [6, 6.07) is 1.84. The van der Waals surface area contributed by atoms with Crippen molar-refractivity contribution in [1.82, 2.24) is 14.9 Å². The van der Waals surface area contributed by atoms with E-state index in [-0.39, 0.29) is 6.61 Å². The van der Waals surface area contributed by atoms with Gasteiger partial charge in [-0.2, -0.15) is 4.98 Å². The van der Waals surface area contributed by atoms with Gasteiger partial charge in [0.15, 0.2) is 0 Å². The van der Waals surface area contributed by atoms with Crippen LogP contribution in [0, 0.1) is 5.92 Å². The number of aromatic nitrogens is 2. The monoisotopic (exact) mass is 363 g/mol. The van der Waals surface area contributed by atoms with Crippen molar-refractivity contribution in [3.63, 3.8) is 0 Å². The van der Waals surface area contributed by atoms with Gasteiger partial charge in [-0.3, -0.25) is 0 Å². The predicted molar refractivity (Wildman–Crippen MR) is 104 cm³/mol. The lowest BCUT2D eigenvalue weighted by Gasteiger charge is -2.36. The maximum atomic E-state index is 9.62. The number of hydrogen-bond acceptors (Lipinski definition) is 7. The van der Waals surface area contributed by atoms with Crippen molar-refractivity contribution in [2.24, 2.45) is 5.92 Å². The molecule has 146 valence electrons. The zero-order chi connectivity index (χ0) is 18.4. The molecule has 1 aromatic heterocycles. The molecule has 3 rings (SSSR count). The molecule has 2 N–H and O–H groups in total. The number of likely N-dealkylation sites (N-methyl/N-ethyl adjacent to an activating group) is 1. The summed E-state index contributed by atoms with van der Waals surface area (Å²) in [5.41, 5.74) is 0. The minimum atomic E-state index is -0.760. The molecule has 7 heteroatoms. The Balaban J connectivity index is 1.51. The topological polar surface area (TPSA) is 76.0 Å². The second kappa shape index (κ2) is 9.48. The smallest absolute Gasteiger partial charge is 0.227 e. The molecule has 0 radical (unpaired) electrons. The first-order valence-corrected chi connectivity index (χ1v) is 9.96. The van der Waals surface area contributed by atoms with Crippen LogP contribution in [0.2, 0.25) is 0 Å². The molecule has 2 aliphatic rings. The van der Waals surface area contributed by atoms with Crippen molar-refractivity contribution in [3.05, 3.63) is 12.3 Å². The van der Waals surface area contributed by atoms with Gasteiger partial charge in [0.2, 0.25) is 5.95 Å². The van der Waals surface area contributed by atoms with E-state index in [1.54, 1.807) is 6.20 Å². The van der Waals surface area contributed by atoms with E-state index in [2.05, 4.69) is 19.8 Å². The lowest BCUT2D eigenvalue weighted by atomic mass is 9.95. The van der Waals surface area contributed by atoms with Gasteiger partial charge in [0.25, 0.3) is 0 Å². The molecule has 2 aliphatic heterocycles. The van der Waals surface area contributed by atoms with Crippen molar-refractivity contribution < 1.29 is 10.2 Å². The number of likely N-dealkylation sites (tertiary alicyclic amines) is 1. The van der Waals surface area contributed by atoms with Crippen LogP contribution in [0.3, 0.4) is 0 Å². The van der Waals surface area contributed by atoms with Crippen molar-refractivity contribution in [2.75, 3.05) is 62.7 Å². The number of anilines is 2. The van der Waals surface area contributed by atoms with E-state index in [1.165, 1.54) is 51.7 Å². The second-order valence-electron chi connectivity index (χ2n) is 7.72. The van der Waals surface area contributed by atoms with E-state index in [9.17, 15) is 5.11 Å². The van der Waals surface area contributed by atoms with Crippen molar-refractivity contribution in [3.8, 4) is 0 Å². The summed E-state index contributed by atoms with van der Waals surface area (Å²) in [6.07, 6.45) is 7.53. The molecule has 0 aliphatic carbocycles. The molecule has 26 heavy (non-hydrogen) atoms. The molecule has 1 aromatic rings. The van der Waals surface area contributed by atoms with Gasteiger partial charge in [0.1, 0.15) is 5.82 Å². The summed E-state index contributed by atoms with van der Waals surface area (Å²) in [7, 11) is 1.87. The molecular weight excluding hydrogens is 330 g/mol. The fourth-order valence-corrected chi connectivity index (χ4v) is 3.99. The zero-order valence-electron chi connectivity index (χ0n) is 15.9. The second-order valence-corrected chi connectivity index (χ2v) is 7.72. The van der Waals surface area contributed by atoms with Gasteiger partial charge in [-0.1, -0.05) is 6.42 Å². The summed E-state index contributed by atoms with van der Waals surface area (Å²) in [6.45, 7) is 5.92. The lowest BCUT2D eigenvalue weighted by molar-refractivity contribution is 0.101. The quantitative estimate of drug-likeness (QED) is 0.747. The highest BCUT2D eigenvalue weighted by atomic mass is 16.3. The Labute approximate surface area is 156 Å². The fraction of sp³-hybridized carbons (Fsp3) is 0.789. The van der Waals surface area contributed by atoms with Crippen LogP contribution in [-0.4, -0.2) is 84.1 Å². The highest BCUT2D eigenvalue weighted by molar-refractivity contribution is 5.43. The van der Waals surface area contributed by atoms with E-state index >= 15 is 0 Å². The van der Waals surface area contributed by atoms with Crippen LogP contribution in [0.4, 0.5) is 11.8 Å². The van der Waals surface area contributed by atoms with Gasteiger partial charge in [0, 0.05) is 39.4 Å². The summed E-state index contributed by atoms with van der Waals surface area (Å²) in [5, 5.41) is 18.6. The first kappa shape index (κ1) is 19.3. The third kappa shape index (κ3) is 5.28. The molecule has 0 amide bonds. The number of hydrogen-bond donors (Lipinski definition) is 2. The van der Waals surface area contributed by atoms with Gasteiger partial charge < -0.3 is 24.9 Å². The average Bonchev–Trinajstić information content (AvgIpc) is 2.69. The van der Waals surface area contributed by atoms with Crippen LogP contribution in [0.25, 0.3) is 0 Å². The minimum absolute atomic E-state index is 0.243. The van der Waals surface area contributed by atoms with Gasteiger partial charge in [-0.25, -0.2) is 4.98 Å². The minimum Gasteiger partial charge on any atom is -0.394 e. The third-order valence-corrected chi connectivity index (χ3v) is 5.58. The largest absolute Gasteiger partial charge is 0.394 e. The Bertz CT molecular complexity index is 544. The van der Waals surface area contributed by atoms with Crippen LogP contribution in [-0.2, 0) is 0 Å². The van der Waals surface area contributed by atoms with Crippen molar-refractivity contribution >= 4 is 11.8 Å². The highest BCUT2D eigenvalue weighted by Gasteiger charge is 2.24. The normalized spacial score (nSPS) is 21.0. The molecular formula is C19H33N5O2. The zero-order valence-corrected chi connectivity index (χ0v) is 15.9. The van der Waals surface area contributed by atoms with Gasteiger partial charge in [0.05, 0.1) is 12.7 Å². The standard InChI is InChI=1S/C19H33N5O2/c1-22(14-17(26)15-25)18-5-8-20-19(21-18)24-11-6-16(7-12-24)13-23-9-3-2-4-10-23/h5,8,16-17,25-26H,2-4,6-7,9-15H2,1H3. The van der Waals surface area contributed by atoms with E-state index in [1.807, 2.05) is 18.0 Å². The molecule has 2 saturated heterocycles. The van der Waals surface area contributed by atoms with Gasteiger partial charge in [-0.05, 0) is 50.8 Å². The first-order valence-electron chi connectivity index (χ1n) is 9.96. The molecule has 2 fully saturated rings. The summed E-state index contributed by atoms with van der Waals surface area (Å²) < 4.78 is 0. The first-order chi connectivity index (χ1) is 12.7. The van der Waals surface area contributed by atoms with E-state index in [0.29, 0.717) is 6.54 Å². The SMILES string of the molecule is CN(CC(O)CO)c1ccnc(N2CCC(CN3CCCCC3)CC2)n1. The average molecular weight is 364 g/mol. The number of nitrogens with zero attached hydrogens (tertiary/aromatic N) is 5. The Morgan fingerprint density at radius 3 is 2.62 bits per heavy atom. The van der Waals surface area contributed by atoms with Gasteiger partial charge in [-0.15, -0.1) is 0 Å². The van der Waals surface area contributed by atoms with Crippen LogP contribution >= 0.6 is 0 Å². The molecule has 1 unspecified atom stereocenters. The van der Waals surface area contributed by atoms with E-state index in [0.717, 1.165) is 30.8 Å². The van der Waals surface area contributed by atoms with E-state index < -0.39 is 6.10 Å². The molecule has 0 spiro atoms. The molecule has 0 saturated carbocycles. The summed E-state index contributed by atoms with van der Waals surface area (Å²) >= 11 is 0. The molecule has 1 atom stereocenters. The Morgan fingerprint density at radius 1 is 1.19 bits per heavy atom. The van der Waals surface area contributed by atoms with E-state index in [4.69, 9.17) is 5.11 Å². The molecule has 0 aromatic carbocycles. The van der Waals surface area contributed by atoms with Crippen LogP contribution in [0.5, 0.6) is 0 Å². The van der Waals surface area contributed by atoms with Crippen molar-refractivity contribution in [2.45, 2.75) is 38.2 Å². The van der Waals surface area contributed by atoms with Crippen LogP contribution in [0.15, 0.2) is 12.3 Å². The van der Waals surface area contributed by atoms with Crippen molar-refractivity contribution in [1.29, 1.82) is 0 Å². The van der Waals surface area contributed by atoms with Crippen LogP contribution < -0.4 is 9.80 Å². The third-order valence-electron chi connectivity index (χ3n) is 5.58. The fourth-order valence-electron chi connectivity index (χ4n) is 3.99. The Morgan fingerprint density at radius 2 is 1.92 bits per heavy atom. The molecule has 0 bridgehead atoms. The number of piperidine rings is 2. The van der Waals surface area contributed by atoms with Gasteiger partial charge >= 0.3 is 0 Å².